The van der Waals surface area contributed by atoms with Crippen molar-refractivity contribution in [2.45, 2.75) is 0 Å². The minimum Gasteiger partial charge on any atom is -1.00 e. The van der Waals surface area contributed by atoms with Crippen LogP contribution < -0.4 is 0 Å². The van der Waals surface area contributed by atoms with Crippen molar-refractivity contribution in [3.05, 3.63) is 0 Å². The van der Waals surface area contributed by atoms with Crippen LogP contribution in [0.25, 0.3) is 0 Å². The standard InChI is InChI=1S/CH2O3.Ca.Ti.2H/c2-1(3)4;;;;/h(H2,2,3,4);;;;/q;+2;;2*-1. The average Bonchev–Trinajstić information content (AvgIpc) is 0.811. The minimum atomic E-state index is -1.83. The number of hydrogen-bond acceptors (Lipinski definition) is 1. The molecule has 0 saturated carbocycles. The predicted octanol–water partition coefficient (Wildman–Crippen LogP) is 0.0641. The first kappa shape index (κ1) is 15.7. The Hall–Kier alpha value is 1.24. The van der Waals surface area contributed by atoms with E-state index >= 15 is 0 Å². The second kappa shape index (κ2) is 9.53. The Kier molecular flexibility index (Phi) is 24.9. The molecule has 0 aromatic heterocycles. The van der Waals surface area contributed by atoms with Gasteiger partial charge in [-0.2, -0.15) is 0 Å². The maximum atomic E-state index is 8.56. The fourth-order valence-corrected chi connectivity index (χ4v) is 0. The summed E-state index contributed by atoms with van der Waals surface area (Å²) in [7, 11) is 0. The molecule has 0 fully saturated rings. The SMILES string of the molecule is O=C(O)O.[Ca+2].[H-].[H-].[Ti]. The second-order valence-corrected chi connectivity index (χ2v) is 0.283. The number of carboxylic acid groups (broad SMARTS) is 2. The number of carbonyl (C=O) groups is 1. The molecule has 0 radical (unpaired) electrons. The van der Waals surface area contributed by atoms with E-state index in [1.165, 1.54) is 0 Å². The average molecular weight is 152 g/mol. The normalized spacial score (nSPS) is 4.00. The molecular formula is CH4CaO3Ti. The summed E-state index contributed by atoms with van der Waals surface area (Å²) in [5, 5.41) is 13.9. The zero-order valence-corrected chi connectivity index (χ0v) is 6.78. The van der Waals surface area contributed by atoms with E-state index in [2.05, 4.69) is 0 Å². The molecule has 0 heterocycles. The van der Waals surface area contributed by atoms with E-state index in [1.54, 1.807) is 0 Å². The number of rotatable bonds is 0. The molecule has 0 rings (SSSR count). The molecule has 3 nitrogen and oxygen atoms in total. The Morgan fingerprint density at radius 2 is 1.50 bits per heavy atom. The van der Waals surface area contributed by atoms with Crippen LogP contribution in [-0.2, 0) is 21.7 Å². The number of hydrogen-bond donors (Lipinski definition) is 2. The minimum absolute atomic E-state index is 0. The van der Waals surface area contributed by atoms with E-state index in [4.69, 9.17) is 15.0 Å². The van der Waals surface area contributed by atoms with Crippen molar-refractivity contribution in [2.24, 2.45) is 0 Å². The van der Waals surface area contributed by atoms with Crippen molar-refractivity contribution in [3.8, 4) is 0 Å². The van der Waals surface area contributed by atoms with Crippen LogP contribution in [0.3, 0.4) is 0 Å². The quantitative estimate of drug-likeness (QED) is 0.482. The van der Waals surface area contributed by atoms with Gasteiger partial charge >= 0.3 is 43.9 Å². The van der Waals surface area contributed by atoms with E-state index < -0.39 is 6.16 Å². The first-order chi connectivity index (χ1) is 1.73. The molecule has 0 atom stereocenters. The van der Waals surface area contributed by atoms with Gasteiger partial charge in [0.1, 0.15) is 0 Å². The molecule has 5 heteroatoms. The first-order valence-corrected chi connectivity index (χ1v) is 0.651. The van der Waals surface area contributed by atoms with Crippen LogP contribution in [0.15, 0.2) is 0 Å². The van der Waals surface area contributed by atoms with Crippen molar-refractivity contribution in [1.29, 1.82) is 0 Å². The second-order valence-electron chi connectivity index (χ2n) is 0.283. The molecule has 2 N–H and O–H groups in total. The van der Waals surface area contributed by atoms with Gasteiger partial charge in [-0.15, -0.1) is 0 Å². The molecule has 0 aliphatic heterocycles. The summed E-state index contributed by atoms with van der Waals surface area (Å²) >= 11 is 0. The van der Waals surface area contributed by atoms with Crippen LogP contribution >= 0.6 is 0 Å². The third kappa shape index (κ3) is 61.0. The Labute approximate surface area is 82.6 Å². The van der Waals surface area contributed by atoms with Gasteiger partial charge in [-0.3, -0.25) is 0 Å². The maximum absolute atomic E-state index is 8.56. The van der Waals surface area contributed by atoms with Gasteiger partial charge in [-0.25, -0.2) is 4.79 Å². The van der Waals surface area contributed by atoms with Gasteiger partial charge in [0.2, 0.25) is 0 Å². The van der Waals surface area contributed by atoms with Crippen LogP contribution in [0.4, 0.5) is 4.79 Å². The molecular weight excluding hydrogens is 148 g/mol. The van der Waals surface area contributed by atoms with Gasteiger partial charge in [0.15, 0.2) is 0 Å². The van der Waals surface area contributed by atoms with Crippen molar-refractivity contribution in [2.75, 3.05) is 0 Å². The fourth-order valence-electron chi connectivity index (χ4n) is 0. The molecule has 0 unspecified atom stereocenters. The Balaban J connectivity index is -0.00000000750. The summed E-state index contributed by atoms with van der Waals surface area (Å²) in [5.74, 6) is 0. The summed E-state index contributed by atoms with van der Waals surface area (Å²) in [6.45, 7) is 0. The van der Waals surface area contributed by atoms with Crippen LogP contribution in [0.2, 0.25) is 0 Å². The van der Waals surface area contributed by atoms with Gasteiger partial charge in [0.25, 0.3) is 0 Å². The first-order valence-electron chi connectivity index (χ1n) is 0.651. The Morgan fingerprint density at radius 1 is 1.50 bits per heavy atom. The molecule has 0 bridgehead atoms. The third-order valence-corrected chi connectivity index (χ3v) is 0. The summed E-state index contributed by atoms with van der Waals surface area (Å²) in [6, 6.07) is 0. The van der Waals surface area contributed by atoms with Gasteiger partial charge in [-0.1, -0.05) is 0 Å². The molecule has 0 aliphatic carbocycles. The summed E-state index contributed by atoms with van der Waals surface area (Å²) < 4.78 is 0. The zero-order chi connectivity index (χ0) is 3.58. The van der Waals surface area contributed by atoms with E-state index in [9.17, 15) is 0 Å². The van der Waals surface area contributed by atoms with E-state index in [1.807, 2.05) is 0 Å². The topological polar surface area (TPSA) is 57.5 Å². The Morgan fingerprint density at radius 3 is 1.50 bits per heavy atom. The zero-order valence-electron chi connectivity index (χ0n) is 5.01. The van der Waals surface area contributed by atoms with Crippen molar-refractivity contribution in [1.82, 2.24) is 0 Å². The Bertz CT molecular complexity index is 40.3. The third-order valence-electron chi connectivity index (χ3n) is 0. The van der Waals surface area contributed by atoms with Crippen LogP contribution in [0, 0.1) is 0 Å². The summed E-state index contributed by atoms with van der Waals surface area (Å²) in [6.07, 6.45) is -1.83. The van der Waals surface area contributed by atoms with Gasteiger partial charge in [0, 0.05) is 21.7 Å². The monoisotopic (exact) mass is 152 g/mol. The van der Waals surface area contributed by atoms with Gasteiger partial charge < -0.3 is 13.1 Å². The van der Waals surface area contributed by atoms with E-state index in [-0.39, 0.29) is 62.3 Å². The fraction of sp³-hybridized carbons (Fsp3) is 0. The molecule has 0 aliphatic rings. The van der Waals surface area contributed by atoms with Crippen molar-refractivity contribution < 1.29 is 39.6 Å². The molecule has 0 saturated heterocycles. The van der Waals surface area contributed by atoms with E-state index in [0.717, 1.165) is 0 Å². The van der Waals surface area contributed by atoms with Crippen molar-refractivity contribution >= 4 is 43.9 Å². The summed E-state index contributed by atoms with van der Waals surface area (Å²) in [4.78, 5) is 8.56. The molecule has 32 valence electrons. The van der Waals surface area contributed by atoms with Crippen molar-refractivity contribution in [3.63, 3.8) is 0 Å². The maximum Gasteiger partial charge on any atom is 2.00 e. The van der Waals surface area contributed by atoms with Gasteiger partial charge in [-0.05, 0) is 0 Å². The predicted molar refractivity (Wildman–Crippen MR) is 18.6 cm³/mol. The molecule has 0 amide bonds. The van der Waals surface area contributed by atoms with Crippen LogP contribution in [-0.4, -0.2) is 54.1 Å². The molecule has 0 aromatic carbocycles. The van der Waals surface area contributed by atoms with Crippen LogP contribution in [0.5, 0.6) is 0 Å². The molecule has 6 heavy (non-hydrogen) atoms. The largest absolute Gasteiger partial charge is 2.00 e. The van der Waals surface area contributed by atoms with Crippen LogP contribution in [0.1, 0.15) is 2.85 Å². The molecule has 0 aromatic rings. The molecule has 0 spiro atoms. The van der Waals surface area contributed by atoms with Gasteiger partial charge in [0.05, 0.1) is 0 Å². The summed E-state index contributed by atoms with van der Waals surface area (Å²) in [5.41, 5.74) is 0. The smallest absolute Gasteiger partial charge is 1.00 e. The van der Waals surface area contributed by atoms with E-state index in [0.29, 0.717) is 0 Å².